The van der Waals surface area contributed by atoms with Gasteiger partial charge in [-0.1, -0.05) is 23.4 Å². The summed E-state index contributed by atoms with van der Waals surface area (Å²) in [6, 6.07) is 16.9. The second-order valence-corrected chi connectivity index (χ2v) is 10.4. The lowest BCUT2D eigenvalue weighted by molar-refractivity contribution is -0.128. The number of rotatable bonds is 9. The summed E-state index contributed by atoms with van der Waals surface area (Å²) >= 11 is 0. The normalized spacial score (nSPS) is 12.1. The van der Waals surface area contributed by atoms with Gasteiger partial charge in [-0.3, -0.25) is 14.5 Å². The molecule has 40 heavy (non-hydrogen) atoms. The fourth-order valence-electron chi connectivity index (χ4n) is 4.53. The summed E-state index contributed by atoms with van der Waals surface area (Å²) in [5, 5.41) is 11.4. The van der Waals surface area contributed by atoms with Gasteiger partial charge in [-0.25, -0.2) is 4.68 Å². The Hall–Kier alpha value is -4.60. The molecule has 0 saturated heterocycles. The molecular formula is C30H35N5O5. The van der Waals surface area contributed by atoms with Crippen molar-refractivity contribution in [1.82, 2.24) is 20.3 Å². The topological polar surface area (TPSA) is 108 Å². The van der Waals surface area contributed by atoms with E-state index in [-0.39, 0.29) is 6.54 Å². The minimum absolute atomic E-state index is 0.177. The first-order valence-electron chi connectivity index (χ1n) is 12.8. The number of hydrogen-bond acceptors (Lipinski definition) is 7. The van der Waals surface area contributed by atoms with Crippen LogP contribution in [-0.2, 0) is 16.1 Å². The van der Waals surface area contributed by atoms with Crippen LogP contribution in [0.4, 0.5) is 5.69 Å². The van der Waals surface area contributed by atoms with Crippen LogP contribution in [-0.4, -0.2) is 53.7 Å². The van der Waals surface area contributed by atoms with Gasteiger partial charge in [0.15, 0.2) is 0 Å². The van der Waals surface area contributed by atoms with Crippen molar-refractivity contribution in [2.45, 2.75) is 45.8 Å². The quantitative estimate of drug-likeness (QED) is 0.331. The van der Waals surface area contributed by atoms with Crippen molar-refractivity contribution in [3.63, 3.8) is 0 Å². The van der Waals surface area contributed by atoms with Crippen LogP contribution in [0.2, 0.25) is 0 Å². The number of nitrogens with one attached hydrogen (secondary N) is 1. The number of ether oxygens (including phenoxy) is 3. The molecule has 10 heteroatoms. The number of fused-ring (bicyclic) bond motifs is 1. The Morgan fingerprint density at radius 2 is 1.65 bits per heavy atom. The first-order valence-corrected chi connectivity index (χ1v) is 12.8. The van der Waals surface area contributed by atoms with Gasteiger partial charge in [0.2, 0.25) is 11.8 Å². The molecule has 0 saturated carbocycles. The molecule has 0 aliphatic carbocycles. The van der Waals surface area contributed by atoms with Gasteiger partial charge >= 0.3 is 0 Å². The molecule has 210 valence electrons. The third-order valence-corrected chi connectivity index (χ3v) is 6.30. The molecular weight excluding hydrogens is 510 g/mol. The van der Waals surface area contributed by atoms with E-state index in [9.17, 15) is 9.59 Å². The molecule has 1 atom stereocenters. The summed E-state index contributed by atoms with van der Waals surface area (Å²) in [5.74, 6) is 0.552. The summed E-state index contributed by atoms with van der Waals surface area (Å²) in [7, 11) is 4.58. The zero-order chi connectivity index (χ0) is 29.0. The predicted molar refractivity (Wildman–Crippen MR) is 153 cm³/mol. The molecule has 0 unspecified atom stereocenters. The van der Waals surface area contributed by atoms with Gasteiger partial charge in [0, 0.05) is 11.1 Å². The Kier molecular flexibility index (Phi) is 8.27. The van der Waals surface area contributed by atoms with Crippen LogP contribution in [0.3, 0.4) is 0 Å². The highest BCUT2D eigenvalue weighted by atomic mass is 16.5. The van der Waals surface area contributed by atoms with Crippen molar-refractivity contribution in [3.05, 3.63) is 71.8 Å². The van der Waals surface area contributed by atoms with Crippen LogP contribution in [0.1, 0.15) is 37.9 Å². The van der Waals surface area contributed by atoms with Gasteiger partial charge in [-0.15, -0.1) is 5.10 Å². The average Bonchev–Trinajstić information content (AvgIpc) is 3.32. The summed E-state index contributed by atoms with van der Waals surface area (Å²) < 4.78 is 18.4. The Labute approximate surface area is 233 Å². The molecule has 3 aromatic carbocycles. The molecule has 0 radical (unpaired) electrons. The van der Waals surface area contributed by atoms with Gasteiger partial charge in [0.05, 0.1) is 32.5 Å². The van der Waals surface area contributed by atoms with Gasteiger partial charge in [0.1, 0.15) is 35.4 Å². The number of aromatic nitrogens is 3. The Balaban J connectivity index is 1.96. The molecule has 1 N–H and O–H groups in total. The molecule has 4 aromatic rings. The monoisotopic (exact) mass is 545 g/mol. The average molecular weight is 546 g/mol. The SMILES string of the molecule is COc1ccc(OC)c([C@@H](C(=O)NC(C)(C)C)N(C(=O)Cn2nnc3ccccc32)c2cc(C)ccc2OC)c1. The smallest absolute Gasteiger partial charge is 0.249 e. The van der Waals surface area contributed by atoms with Crippen molar-refractivity contribution >= 4 is 28.5 Å². The number of benzene rings is 3. The van der Waals surface area contributed by atoms with Crippen molar-refractivity contribution in [3.8, 4) is 17.2 Å². The number of carbonyl (C=O) groups excluding carboxylic acids is 2. The zero-order valence-electron chi connectivity index (χ0n) is 23.9. The number of carbonyl (C=O) groups is 2. The number of amides is 2. The van der Waals surface area contributed by atoms with E-state index in [4.69, 9.17) is 14.2 Å². The van der Waals surface area contributed by atoms with E-state index in [1.807, 2.05) is 64.1 Å². The summed E-state index contributed by atoms with van der Waals surface area (Å²) in [6.07, 6.45) is 0. The third kappa shape index (κ3) is 6.01. The highest BCUT2D eigenvalue weighted by Crippen LogP contribution is 2.40. The second-order valence-electron chi connectivity index (χ2n) is 10.4. The molecule has 4 rings (SSSR count). The predicted octanol–water partition coefficient (Wildman–Crippen LogP) is 4.45. The van der Waals surface area contributed by atoms with Crippen LogP contribution >= 0.6 is 0 Å². The standard InChI is InChI=1S/C30H35N5O5/c1-19-12-14-26(40-7)24(16-19)35(27(36)18-34-23-11-9-8-10-22(23)32-33-34)28(29(37)31-30(2,3)4)21-17-20(38-5)13-15-25(21)39-6/h8-17,28H,18H2,1-7H3,(H,31,37)/t28-/m0/s1. The number of aryl methyl sites for hydroxylation is 1. The molecule has 0 aliphatic heterocycles. The van der Waals surface area contributed by atoms with Crippen LogP contribution in [0.25, 0.3) is 11.0 Å². The van der Waals surface area contributed by atoms with Gasteiger partial charge in [0.25, 0.3) is 0 Å². The summed E-state index contributed by atoms with van der Waals surface area (Å²) in [6.45, 7) is 7.37. The molecule has 1 aromatic heterocycles. The maximum atomic E-state index is 14.4. The largest absolute Gasteiger partial charge is 0.497 e. The van der Waals surface area contributed by atoms with E-state index in [2.05, 4.69) is 15.6 Å². The molecule has 2 amide bonds. The van der Waals surface area contributed by atoms with E-state index in [0.29, 0.717) is 39.5 Å². The van der Waals surface area contributed by atoms with Crippen LogP contribution in [0.5, 0.6) is 17.2 Å². The number of methoxy groups -OCH3 is 3. The van der Waals surface area contributed by atoms with Gasteiger partial charge in [-0.2, -0.15) is 0 Å². The van der Waals surface area contributed by atoms with E-state index >= 15 is 0 Å². The first-order chi connectivity index (χ1) is 19.1. The molecule has 0 aliphatic rings. The minimum atomic E-state index is -1.15. The lowest BCUT2D eigenvalue weighted by Crippen LogP contribution is -2.50. The molecule has 0 fully saturated rings. The number of nitrogens with zero attached hydrogens (tertiary/aromatic N) is 4. The fraction of sp³-hybridized carbons (Fsp3) is 0.333. The summed E-state index contributed by atoms with van der Waals surface area (Å²) in [4.78, 5) is 30.0. The van der Waals surface area contributed by atoms with Crippen molar-refractivity contribution in [2.75, 3.05) is 26.2 Å². The van der Waals surface area contributed by atoms with Crippen LogP contribution in [0, 0.1) is 6.92 Å². The van der Waals surface area contributed by atoms with E-state index in [1.54, 1.807) is 24.3 Å². The Bertz CT molecular complexity index is 1520. The lowest BCUT2D eigenvalue weighted by Gasteiger charge is -2.35. The van der Waals surface area contributed by atoms with E-state index < -0.39 is 23.4 Å². The number of anilines is 1. The molecule has 10 nitrogen and oxygen atoms in total. The third-order valence-electron chi connectivity index (χ3n) is 6.30. The van der Waals surface area contributed by atoms with Crippen molar-refractivity contribution < 1.29 is 23.8 Å². The second kappa shape index (κ2) is 11.6. The lowest BCUT2D eigenvalue weighted by atomic mass is 9.98. The maximum absolute atomic E-state index is 14.4. The van der Waals surface area contributed by atoms with Crippen molar-refractivity contribution in [2.24, 2.45) is 0 Å². The Morgan fingerprint density at radius 1 is 0.950 bits per heavy atom. The molecule has 1 heterocycles. The number of hydrogen-bond donors (Lipinski definition) is 1. The van der Waals surface area contributed by atoms with Gasteiger partial charge in [-0.05, 0) is 75.7 Å². The minimum Gasteiger partial charge on any atom is -0.497 e. The van der Waals surface area contributed by atoms with E-state index in [1.165, 1.54) is 30.9 Å². The molecule has 0 spiro atoms. The maximum Gasteiger partial charge on any atom is 0.249 e. The van der Waals surface area contributed by atoms with Crippen LogP contribution in [0.15, 0.2) is 60.7 Å². The fourth-order valence-corrected chi connectivity index (χ4v) is 4.53. The highest BCUT2D eigenvalue weighted by molar-refractivity contribution is 6.03. The Morgan fingerprint density at radius 3 is 2.33 bits per heavy atom. The first kappa shape index (κ1) is 28.4. The van der Waals surface area contributed by atoms with Crippen LogP contribution < -0.4 is 24.4 Å². The zero-order valence-corrected chi connectivity index (χ0v) is 23.9. The van der Waals surface area contributed by atoms with E-state index in [0.717, 1.165) is 5.56 Å². The molecule has 0 bridgehead atoms. The van der Waals surface area contributed by atoms with Crippen molar-refractivity contribution in [1.29, 1.82) is 0 Å². The number of para-hydroxylation sites is 1. The van der Waals surface area contributed by atoms with Gasteiger partial charge < -0.3 is 19.5 Å². The highest BCUT2D eigenvalue weighted by Gasteiger charge is 2.38. The summed E-state index contributed by atoms with van der Waals surface area (Å²) in [5.41, 5.74) is 2.52.